The highest BCUT2D eigenvalue weighted by Gasteiger charge is 2.51. The average Bonchev–Trinajstić information content (AvgIpc) is 2.71. The molecule has 3 atom stereocenters. The number of fused-ring (bicyclic) bond motifs is 1. The van der Waals surface area contributed by atoms with Crippen LogP contribution in [0.5, 0.6) is 0 Å². The van der Waals surface area contributed by atoms with Crippen LogP contribution in [0, 0.1) is 12.8 Å². The van der Waals surface area contributed by atoms with E-state index < -0.39 is 6.04 Å². The molecule has 1 unspecified atom stereocenters. The van der Waals surface area contributed by atoms with E-state index in [0.717, 1.165) is 29.5 Å². The van der Waals surface area contributed by atoms with Crippen molar-refractivity contribution in [2.24, 2.45) is 5.92 Å². The van der Waals surface area contributed by atoms with Gasteiger partial charge in [0.1, 0.15) is 6.04 Å². The van der Waals surface area contributed by atoms with Crippen molar-refractivity contribution >= 4 is 11.8 Å². The summed E-state index contributed by atoms with van der Waals surface area (Å²) in [5.74, 6) is -0.00119. The Bertz CT molecular complexity index is 858. The van der Waals surface area contributed by atoms with E-state index in [0.29, 0.717) is 6.54 Å². The van der Waals surface area contributed by atoms with E-state index in [1.54, 1.807) is 4.90 Å². The van der Waals surface area contributed by atoms with E-state index >= 15 is 0 Å². The number of aryl methyl sites for hydroxylation is 1. The van der Waals surface area contributed by atoms with Crippen LogP contribution >= 0.6 is 0 Å². The van der Waals surface area contributed by atoms with Crippen molar-refractivity contribution in [1.29, 1.82) is 0 Å². The Balaban J connectivity index is 1.58. The molecule has 138 valence electrons. The van der Waals surface area contributed by atoms with E-state index in [2.05, 4.69) is 17.5 Å². The van der Waals surface area contributed by atoms with Gasteiger partial charge in [0.2, 0.25) is 11.8 Å². The maximum atomic E-state index is 13.1. The molecule has 2 aliphatic rings. The molecule has 0 spiro atoms. The van der Waals surface area contributed by atoms with Crippen LogP contribution in [-0.4, -0.2) is 22.8 Å². The summed E-state index contributed by atoms with van der Waals surface area (Å²) in [7, 11) is 0. The van der Waals surface area contributed by atoms with Gasteiger partial charge in [0, 0.05) is 12.6 Å². The highest BCUT2D eigenvalue weighted by Crippen LogP contribution is 2.41. The van der Waals surface area contributed by atoms with E-state index in [4.69, 9.17) is 0 Å². The number of β-lactam (4-membered cyclic amide) rings is 1. The zero-order valence-electron chi connectivity index (χ0n) is 15.5. The number of nitrogens with one attached hydrogen (secondary N) is 1. The molecule has 4 nitrogen and oxygen atoms in total. The number of hydrogen-bond acceptors (Lipinski definition) is 2. The second-order valence-corrected chi connectivity index (χ2v) is 7.38. The molecule has 2 aromatic carbocycles. The van der Waals surface area contributed by atoms with Gasteiger partial charge in [0.25, 0.3) is 0 Å². The molecule has 1 fully saturated rings. The lowest BCUT2D eigenvalue weighted by atomic mass is 9.77. The van der Waals surface area contributed by atoms with Gasteiger partial charge in [0.05, 0.1) is 5.92 Å². The van der Waals surface area contributed by atoms with Crippen LogP contribution in [0.2, 0.25) is 0 Å². The van der Waals surface area contributed by atoms with Gasteiger partial charge >= 0.3 is 0 Å². The fourth-order valence-corrected chi connectivity index (χ4v) is 4.03. The van der Waals surface area contributed by atoms with E-state index in [-0.39, 0.29) is 23.8 Å². The zero-order chi connectivity index (χ0) is 18.8. The van der Waals surface area contributed by atoms with Crippen LogP contribution < -0.4 is 5.32 Å². The molecule has 4 heteroatoms. The lowest BCUT2D eigenvalue weighted by Gasteiger charge is -2.51. The number of allylic oxidation sites excluding steroid dienone is 1. The summed E-state index contributed by atoms with van der Waals surface area (Å²) < 4.78 is 0. The van der Waals surface area contributed by atoms with Crippen molar-refractivity contribution in [3.05, 3.63) is 83.4 Å². The van der Waals surface area contributed by atoms with Gasteiger partial charge < -0.3 is 10.2 Å². The first kappa shape index (κ1) is 17.5. The van der Waals surface area contributed by atoms with Crippen molar-refractivity contribution < 1.29 is 9.59 Å². The first-order valence-corrected chi connectivity index (χ1v) is 9.50. The third kappa shape index (κ3) is 3.39. The van der Waals surface area contributed by atoms with E-state index in [1.165, 1.54) is 0 Å². The third-order valence-corrected chi connectivity index (χ3v) is 5.56. The second-order valence-electron chi connectivity index (χ2n) is 7.38. The van der Waals surface area contributed by atoms with Crippen molar-refractivity contribution in [2.75, 3.05) is 0 Å². The zero-order valence-corrected chi connectivity index (χ0v) is 15.5. The van der Waals surface area contributed by atoms with Crippen LogP contribution in [0.4, 0.5) is 0 Å². The van der Waals surface area contributed by atoms with Gasteiger partial charge in [-0.1, -0.05) is 72.3 Å². The number of benzene rings is 2. The SMILES string of the molecule is Cc1ccc(C(C(=O)NCc2ccccc2)N2C(=O)[C@@H]3CC=CC[C@@H]32)cc1. The molecule has 1 saturated heterocycles. The summed E-state index contributed by atoms with van der Waals surface area (Å²) in [5.41, 5.74) is 3.05. The summed E-state index contributed by atoms with van der Waals surface area (Å²) in [4.78, 5) is 27.7. The standard InChI is InChI=1S/C23H24N2O2/c1-16-11-13-18(14-12-16)21(22(26)24-15-17-7-3-2-4-8-17)25-20-10-6-5-9-19(20)23(25)27/h2-8,11-14,19-21H,9-10,15H2,1H3,(H,24,26)/t19-,20+,21?/m1/s1. The Kier molecular flexibility index (Phi) is 4.80. The lowest BCUT2D eigenvalue weighted by molar-refractivity contribution is -0.165. The van der Waals surface area contributed by atoms with Gasteiger partial charge in [-0.05, 0) is 30.9 Å². The number of rotatable bonds is 5. The smallest absolute Gasteiger partial charge is 0.247 e. The van der Waals surface area contributed by atoms with E-state index in [9.17, 15) is 9.59 Å². The number of nitrogens with zero attached hydrogens (tertiary/aromatic N) is 1. The Morgan fingerprint density at radius 2 is 1.78 bits per heavy atom. The van der Waals surface area contributed by atoms with Crippen molar-refractivity contribution in [3.8, 4) is 0 Å². The fraction of sp³-hybridized carbons (Fsp3) is 0.304. The summed E-state index contributed by atoms with van der Waals surface area (Å²) in [6.45, 7) is 2.48. The maximum Gasteiger partial charge on any atom is 0.247 e. The lowest BCUT2D eigenvalue weighted by Crippen LogP contribution is -2.64. The molecule has 2 aromatic rings. The molecule has 27 heavy (non-hydrogen) atoms. The summed E-state index contributed by atoms with van der Waals surface area (Å²) in [6, 6.07) is 17.3. The van der Waals surface area contributed by atoms with Crippen LogP contribution in [-0.2, 0) is 16.1 Å². The molecule has 0 radical (unpaired) electrons. The van der Waals surface area contributed by atoms with Crippen LogP contribution in [0.25, 0.3) is 0 Å². The third-order valence-electron chi connectivity index (χ3n) is 5.56. The fourth-order valence-electron chi connectivity index (χ4n) is 4.03. The Hall–Kier alpha value is -2.88. The minimum Gasteiger partial charge on any atom is -0.350 e. The minimum atomic E-state index is -0.574. The first-order valence-electron chi connectivity index (χ1n) is 9.50. The molecule has 1 heterocycles. The maximum absolute atomic E-state index is 13.1. The number of carbonyl (C=O) groups is 2. The Labute approximate surface area is 159 Å². The monoisotopic (exact) mass is 360 g/mol. The number of amides is 2. The van der Waals surface area contributed by atoms with Crippen molar-refractivity contribution in [3.63, 3.8) is 0 Å². The largest absolute Gasteiger partial charge is 0.350 e. The summed E-state index contributed by atoms with van der Waals surface area (Å²) in [6.07, 6.45) is 5.80. The van der Waals surface area contributed by atoms with Gasteiger partial charge in [-0.15, -0.1) is 0 Å². The van der Waals surface area contributed by atoms with Gasteiger partial charge in [-0.25, -0.2) is 0 Å². The highest BCUT2D eigenvalue weighted by atomic mass is 16.2. The normalized spacial score (nSPS) is 22.0. The molecular formula is C23H24N2O2. The van der Waals surface area contributed by atoms with Crippen LogP contribution in [0.15, 0.2) is 66.7 Å². The predicted molar refractivity (Wildman–Crippen MR) is 105 cm³/mol. The van der Waals surface area contributed by atoms with Crippen LogP contribution in [0.1, 0.15) is 35.6 Å². The summed E-state index contributed by atoms with van der Waals surface area (Å²) >= 11 is 0. The molecular weight excluding hydrogens is 336 g/mol. The Morgan fingerprint density at radius 3 is 2.52 bits per heavy atom. The van der Waals surface area contributed by atoms with Gasteiger partial charge in [0.15, 0.2) is 0 Å². The van der Waals surface area contributed by atoms with Crippen molar-refractivity contribution in [1.82, 2.24) is 10.2 Å². The summed E-state index contributed by atoms with van der Waals surface area (Å²) in [5, 5.41) is 3.03. The Morgan fingerprint density at radius 1 is 1.07 bits per heavy atom. The van der Waals surface area contributed by atoms with Gasteiger partial charge in [-0.2, -0.15) is 0 Å². The van der Waals surface area contributed by atoms with Crippen molar-refractivity contribution in [2.45, 2.75) is 38.4 Å². The molecule has 0 saturated carbocycles. The molecule has 0 bridgehead atoms. The van der Waals surface area contributed by atoms with Gasteiger partial charge in [-0.3, -0.25) is 9.59 Å². The molecule has 1 N–H and O–H groups in total. The molecule has 1 aliphatic carbocycles. The number of likely N-dealkylation sites (tertiary alicyclic amines) is 1. The predicted octanol–water partition coefficient (Wildman–Crippen LogP) is 3.53. The topological polar surface area (TPSA) is 49.4 Å². The number of hydrogen-bond donors (Lipinski definition) is 1. The first-order chi connectivity index (χ1) is 13.1. The minimum absolute atomic E-state index is 0.0323. The van der Waals surface area contributed by atoms with Crippen LogP contribution in [0.3, 0.4) is 0 Å². The molecule has 2 amide bonds. The molecule has 0 aromatic heterocycles. The molecule has 1 aliphatic heterocycles. The molecule has 4 rings (SSSR count). The second kappa shape index (κ2) is 7.39. The average molecular weight is 360 g/mol. The van der Waals surface area contributed by atoms with E-state index in [1.807, 2.05) is 61.5 Å². The quantitative estimate of drug-likeness (QED) is 0.655. The number of carbonyl (C=O) groups excluding carboxylic acids is 2. The highest BCUT2D eigenvalue weighted by molar-refractivity contribution is 5.94.